The Labute approximate surface area is 213 Å². The number of benzene rings is 3. The van der Waals surface area contributed by atoms with Crippen LogP contribution in [0.4, 0.5) is 5.69 Å². The highest BCUT2D eigenvalue weighted by atomic mass is 16.5. The van der Waals surface area contributed by atoms with Crippen LogP contribution in [0.1, 0.15) is 54.2 Å². The Morgan fingerprint density at radius 3 is 2.44 bits per heavy atom. The fourth-order valence-corrected chi connectivity index (χ4v) is 4.64. The molecular weight excluding hydrogens is 450 g/mol. The second-order valence-electron chi connectivity index (χ2n) is 9.27. The van der Waals surface area contributed by atoms with Crippen molar-refractivity contribution in [1.29, 1.82) is 0 Å². The van der Waals surface area contributed by atoms with Gasteiger partial charge < -0.3 is 15.4 Å². The van der Waals surface area contributed by atoms with E-state index in [2.05, 4.69) is 27.7 Å². The normalized spacial score (nSPS) is 15.2. The first kappa shape index (κ1) is 25.5. The lowest BCUT2D eigenvalue weighted by Crippen LogP contribution is -2.38. The highest BCUT2D eigenvalue weighted by Gasteiger charge is 2.26. The molecule has 0 bridgehead atoms. The van der Waals surface area contributed by atoms with Gasteiger partial charge in [0.1, 0.15) is 5.75 Å². The van der Waals surface area contributed by atoms with Gasteiger partial charge in [0.25, 0.3) is 5.91 Å². The summed E-state index contributed by atoms with van der Waals surface area (Å²) in [5, 5.41) is 6.07. The highest BCUT2D eigenvalue weighted by Crippen LogP contribution is 2.24. The molecule has 3 aromatic rings. The lowest BCUT2D eigenvalue weighted by Gasteiger charge is -2.31. The monoisotopic (exact) mass is 485 g/mol. The van der Waals surface area contributed by atoms with Gasteiger partial charge in [0.05, 0.1) is 23.9 Å². The molecule has 2 amide bonds. The number of carbonyl (C=O) groups is 2. The predicted octanol–water partition coefficient (Wildman–Crippen LogP) is 5.43. The maximum absolute atomic E-state index is 13.1. The number of hydrogen-bond acceptors (Lipinski definition) is 4. The van der Waals surface area contributed by atoms with Gasteiger partial charge in [-0.3, -0.25) is 14.5 Å². The molecule has 3 aromatic carbocycles. The first-order valence-corrected chi connectivity index (χ1v) is 12.7. The topological polar surface area (TPSA) is 70.7 Å². The van der Waals surface area contributed by atoms with Gasteiger partial charge in [0.2, 0.25) is 5.91 Å². The molecule has 0 saturated carbocycles. The molecule has 1 heterocycles. The number of likely N-dealkylation sites (tertiary alicyclic amines) is 1. The van der Waals surface area contributed by atoms with Gasteiger partial charge in [-0.05, 0) is 75.2 Å². The van der Waals surface area contributed by atoms with E-state index in [-0.39, 0.29) is 23.8 Å². The maximum Gasteiger partial charge on any atom is 0.253 e. The fraction of sp³-hybridized carbons (Fsp3) is 0.333. The molecule has 0 aromatic heterocycles. The average Bonchev–Trinajstić information content (AvgIpc) is 2.90. The summed E-state index contributed by atoms with van der Waals surface area (Å²) in [6, 6.07) is 25.1. The Morgan fingerprint density at radius 1 is 0.972 bits per heavy atom. The maximum atomic E-state index is 13.1. The van der Waals surface area contributed by atoms with Crippen LogP contribution in [-0.2, 0) is 11.3 Å². The number of rotatable bonds is 9. The van der Waals surface area contributed by atoms with Crippen LogP contribution in [-0.4, -0.2) is 36.4 Å². The minimum atomic E-state index is -0.202. The van der Waals surface area contributed by atoms with Crippen LogP contribution < -0.4 is 15.4 Å². The highest BCUT2D eigenvalue weighted by molar-refractivity contribution is 6.04. The van der Waals surface area contributed by atoms with E-state index in [0.717, 1.165) is 43.8 Å². The van der Waals surface area contributed by atoms with Crippen molar-refractivity contribution in [2.45, 2.75) is 39.3 Å². The molecule has 1 atom stereocenters. The molecule has 6 nitrogen and oxygen atoms in total. The van der Waals surface area contributed by atoms with Crippen molar-refractivity contribution in [1.82, 2.24) is 10.2 Å². The first-order valence-electron chi connectivity index (χ1n) is 12.7. The Bertz CT molecular complexity index is 1160. The van der Waals surface area contributed by atoms with Gasteiger partial charge in [0.15, 0.2) is 0 Å². The molecule has 1 unspecified atom stereocenters. The number of anilines is 1. The van der Waals surface area contributed by atoms with Gasteiger partial charge >= 0.3 is 0 Å². The molecule has 0 radical (unpaired) electrons. The van der Waals surface area contributed by atoms with Crippen molar-refractivity contribution < 1.29 is 14.3 Å². The van der Waals surface area contributed by atoms with E-state index in [0.29, 0.717) is 17.9 Å². The molecule has 2 N–H and O–H groups in total. The third-order valence-electron chi connectivity index (χ3n) is 6.65. The van der Waals surface area contributed by atoms with E-state index in [9.17, 15) is 9.59 Å². The third-order valence-corrected chi connectivity index (χ3v) is 6.65. The summed E-state index contributed by atoms with van der Waals surface area (Å²) >= 11 is 0. The Kier molecular flexibility index (Phi) is 8.74. The summed E-state index contributed by atoms with van der Waals surface area (Å²) in [5.74, 6) is 0.594. The molecule has 0 aliphatic carbocycles. The summed E-state index contributed by atoms with van der Waals surface area (Å²) in [4.78, 5) is 28.5. The summed E-state index contributed by atoms with van der Waals surface area (Å²) in [5.41, 5.74) is 3.27. The van der Waals surface area contributed by atoms with Crippen LogP contribution in [0.2, 0.25) is 0 Å². The summed E-state index contributed by atoms with van der Waals surface area (Å²) in [6.45, 7) is 7.15. The first-order chi connectivity index (χ1) is 17.5. The van der Waals surface area contributed by atoms with Crippen molar-refractivity contribution in [3.05, 3.63) is 95.6 Å². The van der Waals surface area contributed by atoms with Crippen LogP contribution in [0.3, 0.4) is 0 Å². The van der Waals surface area contributed by atoms with Crippen molar-refractivity contribution in [3.8, 4) is 5.75 Å². The number of para-hydroxylation sites is 1. The van der Waals surface area contributed by atoms with Crippen LogP contribution in [0.5, 0.6) is 5.75 Å². The van der Waals surface area contributed by atoms with E-state index in [1.807, 2.05) is 68.4 Å². The average molecular weight is 486 g/mol. The molecular formula is C30H35N3O3. The second kappa shape index (κ2) is 12.4. The Balaban J connectivity index is 1.32. The molecule has 36 heavy (non-hydrogen) atoms. The number of amides is 2. The Morgan fingerprint density at radius 2 is 1.69 bits per heavy atom. The molecule has 1 aliphatic rings. The minimum Gasteiger partial charge on any atom is -0.494 e. The molecule has 1 aliphatic heterocycles. The molecule has 1 fully saturated rings. The number of carbonyl (C=O) groups excluding carboxylic acids is 2. The van der Waals surface area contributed by atoms with Crippen molar-refractivity contribution >= 4 is 17.5 Å². The molecule has 1 saturated heterocycles. The molecule has 6 heteroatoms. The molecule has 188 valence electrons. The van der Waals surface area contributed by atoms with E-state index >= 15 is 0 Å². The summed E-state index contributed by atoms with van der Waals surface area (Å²) in [7, 11) is 0. The van der Waals surface area contributed by atoms with Crippen molar-refractivity contribution in [2.75, 3.05) is 25.0 Å². The molecule has 0 spiro atoms. The smallest absolute Gasteiger partial charge is 0.253 e. The zero-order valence-corrected chi connectivity index (χ0v) is 21.1. The lowest BCUT2D eigenvalue weighted by atomic mass is 9.95. The van der Waals surface area contributed by atoms with E-state index in [1.165, 1.54) is 5.56 Å². The summed E-state index contributed by atoms with van der Waals surface area (Å²) in [6.07, 6.45) is 1.58. The van der Waals surface area contributed by atoms with E-state index < -0.39 is 0 Å². The van der Waals surface area contributed by atoms with Gasteiger partial charge in [-0.25, -0.2) is 0 Å². The number of nitrogens with zero attached hydrogens (tertiary/aromatic N) is 1. The number of piperidine rings is 1. The quantitative estimate of drug-likeness (QED) is 0.424. The second-order valence-corrected chi connectivity index (χ2v) is 9.27. The van der Waals surface area contributed by atoms with E-state index in [1.54, 1.807) is 12.1 Å². The van der Waals surface area contributed by atoms with E-state index in [4.69, 9.17) is 4.74 Å². The van der Waals surface area contributed by atoms with Gasteiger partial charge in [-0.2, -0.15) is 0 Å². The standard InChI is InChI=1S/C30H35N3O3/c1-3-36-26-13-9-10-23(20-26)21-33-18-16-25(17-19-33)29(34)32-28-15-8-7-14-27(28)30(35)31-22(2)24-11-5-4-6-12-24/h4-15,20,22,25H,3,16-19,21H2,1-2H3,(H,31,35)(H,32,34). The van der Waals surface area contributed by atoms with Crippen LogP contribution in [0, 0.1) is 5.92 Å². The summed E-state index contributed by atoms with van der Waals surface area (Å²) < 4.78 is 5.61. The van der Waals surface area contributed by atoms with Gasteiger partial charge in [-0.15, -0.1) is 0 Å². The van der Waals surface area contributed by atoms with Gasteiger partial charge in [-0.1, -0.05) is 54.6 Å². The predicted molar refractivity (Wildman–Crippen MR) is 143 cm³/mol. The van der Waals surface area contributed by atoms with Crippen molar-refractivity contribution in [3.63, 3.8) is 0 Å². The van der Waals surface area contributed by atoms with Crippen LogP contribution in [0.15, 0.2) is 78.9 Å². The number of ether oxygens (including phenoxy) is 1. The van der Waals surface area contributed by atoms with Crippen LogP contribution >= 0.6 is 0 Å². The van der Waals surface area contributed by atoms with Crippen LogP contribution in [0.25, 0.3) is 0 Å². The zero-order valence-electron chi connectivity index (χ0n) is 21.1. The number of hydrogen-bond donors (Lipinski definition) is 2. The van der Waals surface area contributed by atoms with Crippen molar-refractivity contribution in [2.24, 2.45) is 5.92 Å². The largest absolute Gasteiger partial charge is 0.494 e. The third kappa shape index (κ3) is 6.73. The van der Waals surface area contributed by atoms with Gasteiger partial charge in [0, 0.05) is 12.5 Å². The molecule has 4 rings (SSSR count). The zero-order chi connectivity index (χ0) is 25.3. The lowest BCUT2D eigenvalue weighted by molar-refractivity contribution is -0.121. The fourth-order valence-electron chi connectivity index (χ4n) is 4.64. The minimum absolute atomic E-state index is 0.0237. The number of nitrogens with one attached hydrogen (secondary N) is 2. The Hall–Kier alpha value is -3.64. The SMILES string of the molecule is CCOc1cccc(CN2CCC(C(=O)Nc3ccccc3C(=O)NC(C)c3ccccc3)CC2)c1.